The minimum atomic E-state index is -0.324. The maximum Gasteiger partial charge on any atom is 0.232 e. The standard InChI is InChI=1S/C24H19FO3/c1-15-5-3-4-6-18(15)14-27-20-11-16(2)23-21(13-20)28-22(24(23)26)12-17-7-9-19(25)10-8-17/h3-13H,14H2,1-2H3/b22-12-. The van der Waals surface area contributed by atoms with E-state index in [1.54, 1.807) is 24.3 Å². The van der Waals surface area contributed by atoms with Gasteiger partial charge in [-0.15, -0.1) is 0 Å². The van der Waals surface area contributed by atoms with Gasteiger partial charge in [-0.3, -0.25) is 4.79 Å². The molecule has 0 saturated heterocycles. The Labute approximate surface area is 163 Å². The predicted molar refractivity (Wildman–Crippen MR) is 106 cm³/mol. The van der Waals surface area contributed by atoms with Crippen molar-refractivity contribution in [1.82, 2.24) is 0 Å². The second kappa shape index (κ2) is 7.31. The van der Waals surface area contributed by atoms with E-state index in [1.165, 1.54) is 12.1 Å². The van der Waals surface area contributed by atoms with E-state index in [9.17, 15) is 9.18 Å². The molecule has 3 aromatic carbocycles. The third-order valence-electron chi connectivity index (χ3n) is 4.77. The van der Waals surface area contributed by atoms with E-state index < -0.39 is 0 Å². The van der Waals surface area contributed by atoms with Gasteiger partial charge in [0.15, 0.2) is 5.76 Å². The first-order valence-electron chi connectivity index (χ1n) is 9.03. The molecule has 0 atom stereocenters. The second-order valence-electron chi connectivity index (χ2n) is 6.82. The fraction of sp³-hybridized carbons (Fsp3) is 0.125. The molecule has 4 heteroatoms. The Kier molecular flexibility index (Phi) is 4.70. The van der Waals surface area contributed by atoms with Crippen LogP contribution >= 0.6 is 0 Å². The molecule has 140 valence electrons. The van der Waals surface area contributed by atoms with Crippen molar-refractivity contribution in [1.29, 1.82) is 0 Å². The zero-order valence-corrected chi connectivity index (χ0v) is 15.7. The van der Waals surface area contributed by atoms with Crippen molar-refractivity contribution in [2.24, 2.45) is 0 Å². The molecule has 3 aromatic rings. The molecule has 1 aliphatic rings. The average molecular weight is 374 g/mol. The molecule has 0 radical (unpaired) electrons. The van der Waals surface area contributed by atoms with Gasteiger partial charge in [0.05, 0.1) is 5.56 Å². The SMILES string of the molecule is Cc1ccccc1COc1cc(C)c2c(c1)O/C(=C\c1ccc(F)cc1)C2=O. The molecule has 0 spiro atoms. The zero-order valence-electron chi connectivity index (χ0n) is 15.7. The average Bonchev–Trinajstić information content (AvgIpc) is 2.99. The molecule has 28 heavy (non-hydrogen) atoms. The molecule has 0 unspecified atom stereocenters. The van der Waals surface area contributed by atoms with Crippen molar-refractivity contribution in [2.75, 3.05) is 0 Å². The number of halogens is 1. The first-order valence-corrected chi connectivity index (χ1v) is 9.03. The number of Topliss-reactive ketones (excluding diaryl/α,β-unsaturated/α-hetero) is 1. The van der Waals surface area contributed by atoms with Crippen LogP contribution in [0.3, 0.4) is 0 Å². The number of aryl methyl sites for hydroxylation is 2. The smallest absolute Gasteiger partial charge is 0.232 e. The third kappa shape index (κ3) is 3.54. The minimum absolute atomic E-state index is 0.178. The normalized spacial score (nSPS) is 14.1. The van der Waals surface area contributed by atoms with Crippen molar-refractivity contribution in [3.05, 3.63) is 100 Å². The van der Waals surface area contributed by atoms with E-state index >= 15 is 0 Å². The summed E-state index contributed by atoms with van der Waals surface area (Å²) in [5.41, 5.74) is 4.30. The highest BCUT2D eigenvalue weighted by atomic mass is 19.1. The van der Waals surface area contributed by atoms with Gasteiger partial charge < -0.3 is 9.47 Å². The fourth-order valence-corrected chi connectivity index (χ4v) is 3.20. The lowest BCUT2D eigenvalue weighted by atomic mass is 10.0. The molecule has 0 N–H and O–H groups in total. The predicted octanol–water partition coefficient (Wildman–Crippen LogP) is 5.64. The van der Waals surface area contributed by atoms with E-state index in [0.29, 0.717) is 29.2 Å². The molecule has 3 nitrogen and oxygen atoms in total. The summed E-state index contributed by atoms with van der Waals surface area (Å²) in [4.78, 5) is 12.7. The van der Waals surface area contributed by atoms with Gasteiger partial charge in [0.2, 0.25) is 5.78 Å². The van der Waals surface area contributed by atoms with Gasteiger partial charge in [0.1, 0.15) is 23.9 Å². The summed E-state index contributed by atoms with van der Waals surface area (Å²) in [5.74, 6) is 0.854. The van der Waals surface area contributed by atoms with Crippen LogP contribution in [0.5, 0.6) is 11.5 Å². The van der Waals surface area contributed by atoms with Gasteiger partial charge in [-0.25, -0.2) is 4.39 Å². The summed E-state index contributed by atoms with van der Waals surface area (Å²) in [6.07, 6.45) is 1.62. The highest BCUT2D eigenvalue weighted by molar-refractivity contribution is 6.15. The Morgan fingerprint density at radius 3 is 2.50 bits per heavy atom. The number of ketones is 1. The van der Waals surface area contributed by atoms with E-state index in [2.05, 4.69) is 0 Å². The van der Waals surface area contributed by atoms with Gasteiger partial charge >= 0.3 is 0 Å². The van der Waals surface area contributed by atoms with Gasteiger partial charge in [0, 0.05) is 6.07 Å². The van der Waals surface area contributed by atoms with Crippen LogP contribution < -0.4 is 9.47 Å². The molecule has 4 rings (SSSR count). The highest BCUT2D eigenvalue weighted by Gasteiger charge is 2.30. The van der Waals surface area contributed by atoms with Crippen LogP contribution in [0.15, 0.2) is 66.4 Å². The van der Waals surface area contributed by atoms with Gasteiger partial charge in [-0.1, -0.05) is 36.4 Å². The number of hydrogen-bond donors (Lipinski definition) is 0. The summed E-state index contributed by atoms with van der Waals surface area (Å²) >= 11 is 0. The number of benzene rings is 3. The number of rotatable bonds is 4. The van der Waals surface area contributed by atoms with Crippen molar-refractivity contribution < 1.29 is 18.7 Å². The Bertz CT molecular complexity index is 1080. The summed E-state index contributed by atoms with van der Waals surface area (Å²) in [6, 6.07) is 17.5. The Morgan fingerprint density at radius 2 is 1.75 bits per heavy atom. The van der Waals surface area contributed by atoms with Crippen molar-refractivity contribution in [2.45, 2.75) is 20.5 Å². The molecule has 0 fully saturated rings. The molecule has 1 heterocycles. The number of carbonyl (C=O) groups is 1. The molecule has 0 amide bonds. The van der Waals surface area contributed by atoms with Gasteiger partial charge in [-0.2, -0.15) is 0 Å². The first kappa shape index (κ1) is 18.0. The van der Waals surface area contributed by atoms with Crippen LogP contribution in [0.25, 0.3) is 6.08 Å². The maximum atomic E-state index is 13.1. The largest absolute Gasteiger partial charge is 0.489 e. The summed E-state index contributed by atoms with van der Waals surface area (Å²) < 4.78 is 24.8. The monoisotopic (exact) mass is 374 g/mol. The first-order chi connectivity index (χ1) is 13.5. The lowest BCUT2D eigenvalue weighted by Gasteiger charge is -2.10. The molecule has 1 aliphatic heterocycles. The summed E-state index contributed by atoms with van der Waals surface area (Å²) in [5, 5.41) is 0. The van der Waals surface area contributed by atoms with Gasteiger partial charge in [-0.05, 0) is 60.4 Å². The van der Waals surface area contributed by atoms with E-state index in [1.807, 2.05) is 44.2 Å². The van der Waals surface area contributed by atoms with Crippen molar-refractivity contribution >= 4 is 11.9 Å². The van der Waals surface area contributed by atoms with E-state index in [4.69, 9.17) is 9.47 Å². The lowest BCUT2D eigenvalue weighted by molar-refractivity contribution is 0.101. The molecule has 0 aliphatic carbocycles. The third-order valence-corrected chi connectivity index (χ3v) is 4.77. The molecular formula is C24H19FO3. The fourth-order valence-electron chi connectivity index (χ4n) is 3.20. The topological polar surface area (TPSA) is 35.5 Å². The van der Waals surface area contributed by atoms with Crippen LogP contribution in [0.1, 0.15) is 32.6 Å². The Hall–Kier alpha value is -3.40. The second-order valence-corrected chi connectivity index (χ2v) is 6.82. The number of allylic oxidation sites excluding steroid dienone is 1. The summed E-state index contributed by atoms with van der Waals surface area (Å²) in [7, 11) is 0. The number of hydrogen-bond acceptors (Lipinski definition) is 3. The quantitative estimate of drug-likeness (QED) is 0.555. The van der Waals surface area contributed by atoms with Crippen LogP contribution in [-0.2, 0) is 6.61 Å². The maximum absolute atomic E-state index is 13.1. The molecule has 0 bridgehead atoms. The zero-order chi connectivity index (χ0) is 19.7. The Morgan fingerprint density at radius 1 is 1.00 bits per heavy atom. The van der Waals surface area contributed by atoms with Crippen LogP contribution in [0, 0.1) is 19.7 Å². The molecule has 0 saturated carbocycles. The lowest BCUT2D eigenvalue weighted by Crippen LogP contribution is -2.00. The number of ether oxygens (including phenoxy) is 2. The highest BCUT2D eigenvalue weighted by Crippen LogP contribution is 2.37. The van der Waals surface area contributed by atoms with Crippen molar-refractivity contribution in [3.63, 3.8) is 0 Å². The van der Waals surface area contributed by atoms with E-state index in [0.717, 1.165) is 16.7 Å². The molecule has 0 aromatic heterocycles. The van der Waals surface area contributed by atoms with Crippen molar-refractivity contribution in [3.8, 4) is 11.5 Å². The minimum Gasteiger partial charge on any atom is -0.489 e. The Balaban J connectivity index is 1.57. The van der Waals surface area contributed by atoms with Crippen LogP contribution in [0.2, 0.25) is 0 Å². The van der Waals surface area contributed by atoms with Gasteiger partial charge in [0.25, 0.3) is 0 Å². The van der Waals surface area contributed by atoms with E-state index in [-0.39, 0.29) is 17.4 Å². The van der Waals surface area contributed by atoms with Crippen LogP contribution in [-0.4, -0.2) is 5.78 Å². The molecular weight excluding hydrogens is 355 g/mol. The van der Waals surface area contributed by atoms with Crippen LogP contribution in [0.4, 0.5) is 4.39 Å². The summed E-state index contributed by atoms with van der Waals surface area (Å²) in [6.45, 7) is 4.35. The number of carbonyl (C=O) groups excluding carboxylic acids is 1. The number of fused-ring (bicyclic) bond motifs is 1.